The van der Waals surface area contributed by atoms with E-state index in [1.807, 2.05) is 0 Å². The highest BCUT2D eigenvalue weighted by Gasteiger charge is 1.96. The number of hydrogen-bond donors (Lipinski definition) is 2. The Morgan fingerprint density at radius 1 is 1.00 bits per heavy atom. The highest BCUT2D eigenvalue weighted by Crippen LogP contribution is 1.89. The molecule has 0 aliphatic heterocycles. The normalized spacial score (nSPS) is 11.6. The molecular weight excluding hydrogens is 230 g/mol. The minimum absolute atomic E-state index is 0.773. The van der Waals surface area contributed by atoms with Crippen molar-refractivity contribution in [2.75, 3.05) is 47.1 Å². The summed E-state index contributed by atoms with van der Waals surface area (Å²) < 4.78 is 10.5. The zero-order chi connectivity index (χ0) is 13.5. The molecule has 0 aliphatic rings. The minimum Gasteiger partial charge on any atom is -0.385 e. The molecule has 0 heterocycles. The summed E-state index contributed by atoms with van der Waals surface area (Å²) in [6.45, 7) is 6.39. The van der Waals surface area contributed by atoms with E-state index in [-0.39, 0.29) is 0 Å². The molecule has 0 saturated heterocycles. The zero-order valence-electron chi connectivity index (χ0n) is 12.1. The molecule has 18 heavy (non-hydrogen) atoms. The Balaban J connectivity index is 3.34. The van der Waals surface area contributed by atoms with E-state index in [2.05, 4.69) is 22.5 Å². The maximum absolute atomic E-state index is 5.49. The molecule has 0 saturated carbocycles. The van der Waals surface area contributed by atoms with Gasteiger partial charge in [-0.05, 0) is 19.3 Å². The van der Waals surface area contributed by atoms with Gasteiger partial charge in [0.15, 0.2) is 5.96 Å². The van der Waals surface area contributed by atoms with Gasteiger partial charge in [-0.3, -0.25) is 4.99 Å². The van der Waals surface area contributed by atoms with Crippen LogP contribution in [0.3, 0.4) is 0 Å². The molecule has 0 atom stereocenters. The molecule has 0 radical (unpaired) electrons. The topological polar surface area (TPSA) is 54.9 Å². The summed E-state index contributed by atoms with van der Waals surface area (Å²) in [6, 6.07) is 0. The van der Waals surface area contributed by atoms with Crippen LogP contribution < -0.4 is 10.6 Å². The third-order valence-electron chi connectivity index (χ3n) is 2.44. The van der Waals surface area contributed by atoms with Crippen LogP contribution in [0.1, 0.15) is 32.6 Å². The Labute approximate surface area is 111 Å². The average molecular weight is 259 g/mol. The number of hydrogen-bond acceptors (Lipinski definition) is 3. The van der Waals surface area contributed by atoms with Crippen LogP contribution in [0.25, 0.3) is 0 Å². The lowest BCUT2D eigenvalue weighted by molar-refractivity contribution is 0.129. The third-order valence-corrected chi connectivity index (χ3v) is 2.44. The molecule has 5 nitrogen and oxygen atoms in total. The van der Waals surface area contributed by atoms with Gasteiger partial charge in [-0.15, -0.1) is 0 Å². The van der Waals surface area contributed by atoms with Crippen molar-refractivity contribution >= 4 is 5.96 Å². The molecule has 0 aromatic rings. The van der Waals surface area contributed by atoms with Gasteiger partial charge in [-0.1, -0.05) is 13.3 Å². The van der Waals surface area contributed by atoms with Crippen molar-refractivity contribution < 1.29 is 9.47 Å². The second-order valence-corrected chi connectivity index (χ2v) is 4.09. The molecule has 108 valence electrons. The molecule has 0 unspecified atom stereocenters. The fourth-order valence-electron chi connectivity index (χ4n) is 1.37. The largest absolute Gasteiger partial charge is 0.385 e. The Kier molecular flexibility index (Phi) is 13.6. The van der Waals surface area contributed by atoms with E-state index in [0.717, 1.165) is 58.1 Å². The molecule has 0 spiro atoms. The predicted octanol–water partition coefficient (Wildman–Crippen LogP) is 1.39. The van der Waals surface area contributed by atoms with Gasteiger partial charge < -0.3 is 20.1 Å². The van der Waals surface area contributed by atoms with Gasteiger partial charge >= 0.3 is 0 Å². The van der Waals surface area contributed by atoms with Crippen molar-refractivity contribution in [1.29, 1.82) is 0 Å². The third kappa shape index (κ3) is 11.7. The summed E-state index contributed by atoms with van der Waals surface area (Å²) >= 11 is 0. The maximum atomic E-state index is 5.49. The molecule has 0 aromatic heterocycles. The fourth-order valence-corrected chi connectivity index (χ4v) is 1.37. The quantitative estimate of drug-likeness (QED) is 0.334. The average Bonchev–Trinajstić information content (AvgIpc) is 2.40. The summed E-state index contributed by atoms with van der Waals surface area (Å²) in [5.74, 6) is 0.847. The van der Waals surface area contributed by atoms with Crippen LogP contribution in [0.4, 0.5) is 0 Å². The van der Waals surface area contributed by atoms with Gasteiger partial charge in [0.2, 0.25) is 0 Å². The molecule has 0 rings (SSSR count). The van der Waals surface area contributed by atoms with Crippen LogP contribution >= 0.6 is 0 Å². The lowest BCUT2D eigenvalue weighted by Gasteiger charge is -2.11. The summed E-state index contributed by atoms with van der Waals surface area (Å²) in [7, 11) is 3.50. The van der Waals surface area contributed by atoms with Crippen LogP contribution in [-0.4, -0.2) is 53.0 Å². The number of aliphatic imine (C=N–C) groups is 1. The standard InChI is InChI=1S/C13H29N3O2/c1-4-5-11-18-12-7-9-16-13(14-2)15-8-6-10-17-3/h4-12H2,1-3H3,(H2,14,15,16). The lowest BCUT2D eigenvalue weighted by Crippen LogP contribution is -2.38. The molecule has 0 fully saturated rings. The molecule has 2 N–H and O–H groups in total. The number of unbranched alkanes of at least 4 members (excludes halogenated alkanes) is 1. The Morgan fingerprint density at radius 3 is 2.17 bits per heavy atom. The van der Waals surface area contributed by atoms with Crippen molar-refractivity contribution in [2.24, 2.45) is 4.99 Å². The summed E-state index contributed by atoms with van der Waals surface area (Å²) in [5, 5.41) is 6.49. The van der Waals surface area contributed by atoms with Crippen molar-refractivity contribution in [2.45, 2.75) is 32.6 Å². The smallest absolute Gasteiger partial charge is 0.190 e. The Hall–Kier alpha value is -0.810. The maximum Gasteiger partial charge on any atom is 0.190 e. The van der Waals surface area contributed by atoms with Crippen molar-refractivity contribution in [3.63, 3.8) is 0 Å². The fraction of sp³-hybridized carbons (Fsp3) is 0.923. The number of rotatable bonds is 11. The summed E-state index contributed by atoms with van der Waals surface area (Å²) in [5.41, 5.74) is 0. The van der Waals surface area contributed by atoms with Gasteiger partial charge in [-0.25, -0.2) is 0 Å². The molecule has 0 aromatic carbocycles. The molecule has 5 heteroatoms. The number of nitrogens with zero attached hydrogens (tertiary/aromatic N) is 1. The lowest BCUT2D eigenvalue weighted by atomic mass is 10.4. The highest BCUT2D eigenvalue weighted by molar-refractivity contribution is 5.79. The molecule has 0 bridgehead atoms. The Bertz CT molecular complexity index is 199. The predicted molar refractivity (Wildman–Crippen MR) is 76.2 cm³/mol. The van der Waals surface area contributed by atoms with E-state index in [0.29, 0.717) is 0 Å². The number of guanidine groups is 1. The summed E-state index contributed by atoms with van der Waals surface area (Å²) in [6.07, 6.45) is 4.33. The minimum atomic E-state index is 0.773. The molecular formula is C13H29N3O2. The van der Waals surface area contributed by atoms with E-state index in [4.69, 9.17) is 9.47 Å². The number of methoxy groups -OCH3 is 1. The SMILES string of the molecule is CCCCOCCCNC(=NC)NCCCOC. The van der Waals surface area contributed by atoms with Crippen molar-refractivity contribution in [1.82, 2.24) is 10.6 Å². The number of ether oxygens (including phenoxy) is 2. The van der Waals surface area contributed by atoms with Crippen LogP contribution in [0.5, 0.6) is 0 Å². The van der Waals surface area contributed by atoms with Crippen molar-refractivity contribution in [3.05, 3.63) is 0 Å². The van der Waals surface area contributed by atoms with E-state index in [1.165, 1.54) is 6.42 Å². The second kappa shape index (κ2) is 14.3. The first kappa shape index (κ1) is 17.2. The van der Waals surface area contributed by atoms with Gasteiger partial charge in [0.25, 0.3) is 0 Å². The van der Waals surface area contributed by atoms with Gasteiger partial charge in [0.1, 0.15) is 0 Å². The van der Waals surface area contributed by atoms with E-state index < -0.39 is 0 Å². The molecule has 0 amide bonds. The monoisotopic (exact) mass is 259 g/mol. The zero-order valence-corrected chi connectivity index (χ0v) is 12.1. The van der Waals surface area contributed by atoms with Crippen LogP contribution in [0.2, 0.25) is 0 Å². The second-order valence-electron chi connectivity index (χ2n) is 4.09. The van der Waals surface area contributed by atoms with Crippen LogP contribution in [0.15, 0.2) is 4.99 Å². The first-order valence-electron chi connectivity index (χ1n) is 6.86. The Morgan fingerprint density at radius 2 is 1.61 bits per heavy atom. The molecule has 0 aliphatic carbocycles. The van der Waals surface area contributed by atoms with Crippen molar-refractivity contribution in [3.8, 4) is 0 Å². The first-order valence-corrected chi connectivity index (χ1v) is 6.86. The number of nitrogens with one attached hydrogen (secondary N) is 2. The van der Waals surface area contributed by atoms with Gasteiger partial charge in [0.05, 0.1) is 0 Å². The highest BCUT2D eigenvalue weighted by atomic mass is 16.5. The first-order chi connectivity index (χ1) is 8.85. The van der Waals surface area contributed by atoms with E-state index >= 15 is 0 Å². The van der Waals surface area contributed by atoms with Gasteiger partial charge in [-0.2, -0.15) is 0 Å². The van der Waals surface area contributed by atoms with E-state index in [9.17, 15) is 0 Å². The van der Waals surface area contributed by atoms with E-state index in [1.54, 1.807) is 14.2 Å². The van der Waals surface area contributed by atoms with Crippen LogP contribution in [0, 0.1) is 0 Å². The van der Waals surface area contributed by atoms with Crippen LogP contribution in [-0.2, 0) is 9.47 Å². The summed E-state index contributed by atoms with van der Waals surface area (Å²) in [4.78, 5) is 4.15. The van der Waals surface area contributed by atoms with Gasteiger partial charge in [0, 0.05) is 47.1 Å².